The van der Waals surface area contributed by atoms with Crippen LogP contribution in [0.2, 0.25) is 5.02 Å². The zero-order chi connectivity index (χ0) is 26.3. The third-order valence-corrected chi connectivity index (χ3v) is 7.69. The van der Waals surface area contributed by atoms with Gasteiger partial charge in [-0.25, -0.2) is 12.8 Å². The summed E-state index contributed by atoms with van der Waals surface area (Å²) >= 11 is 6.19. The van der Waals surface area contributed by atoms with E-state index in [1.807, 2.05) is 6.92 Å². The van der Waals surface area contributed by atoms with Crippen LogP contribution < -0.4 is 10.5 Å². The Bertz CT molecular complexity index is 1370. The van der Waals surface area contributed by atoms with Gasteiger partial charge in [-0.05, 0) is 62.6 Å². The largest absolute Gasteiger partial charge is 0.386 e. The molecule has 0 fully saturated rings. The lowest BCUT2D eigenvalue weighted by molar-refractivity contribution is 0.0783. The second kappa shape index (κ2) is 9.61. The predicted molar refractivity (Wildman–Crippen MR) is 127 cm³/mol. The molecule has 0 radical (unpaired) electrons. The zero-order valence-electron chi connectivity index (χ0n) is 19.7. The third-order valence-electron chi connectivity index (χ3n) is 5.89. The number of hydrogen-bond donors (Lipinski definition) is 4. The van der Waals surface area contributed by atoms with Gasteiger partial charge in [0, 0.05) is 16.5 Å². The van der Waals surface area contributed by atoms with Crippen LogP contribution in [0, 0.1) is 19.7 Å². The maximum absolute atomic E-state index is 14.9. The second-order valence-electron chi connectivity index (χ2n) is 8.81. The van der Waals surface area contributed by atoms with Crippen molar-refractivity contribution in [3.05, 3.63) is 68.7 Å². The Labute approximate surface area is 207 Å². The Kier molecular flexibility index (Phi) is 7.32. The number of hydrogen-bond acceptors (Lipinski definition) is 7. The lowest BCUT2D eigenvalue weighted by atomic mass is 9.88. The molecule has 0 saturated heterocycles. The van der Waals surface area contributed by atoms with Crippen molar-refractivity contribution in [2.75, 3.05) is 0 Å². The van der Waals surface area contributed by atoms with Crippen LogP contribution >= 0.6 is 11.6 Å². The van der Waals surface area contributed by atoms with Gasteiger partial charge in [0.2, 0.25) is 15.9 Å². The van der Waals surface area contributed by atoms with E-state index in [0.717, 1.165) is 17.7 Å². The maximum atomic E-state index is 14.9. The van der Waals surface area contributed by atoms with E-state index < -0.39 is 44.2 Å². The first-order chi connectivity index (χ1) is 16.1. The summed E-state index contributed by atoms with van der Waals surface area (Å²) < 4.78 is 44.6. The number of halogens is 2. The molecule has 188 valence electrons. The number of nitrogens with one attached hydrogen (secondary N) is 2. The number of primary amides is 1. The molecule has 35 heavy (non-hydrogen) atoms. The van der Waals surface area contributed by atoms with E-state index in [2.05, 4.69) is 25.3 Å². The van der Waals surface area contributed by atoms with Crippen LogP contribution in [0.25, 0.3) is 0 Å². The van der Waals surface area contributed by atoms with Crippen LogP contribution in [0.4, 0.5) is 4.39 Å². The number of nitrogens with zero attached hydrogens (tertiary/aromatic N) is 3. The summed E-state index contributed by atoms with van der Waals surface area (Å²) in [5.41, 5.74) is 5.30. The van der Waals surface area contributed by atoms with E-state index in [0.29, 0.717) is 5.56 Å². The van der Waals surface area contributed by atoms with Gasteiger partial charge in [-0.3, -0.25) is 4.79 Å². The molecular formula is C22H26ClFN6O4S. The molecule has 2 aromatic carbocycles. The minimum absolute atomic E-state index is 0.0363. The number of nitrogens with two attached hydrogens (primary N) is 1. The summed E-state index contributed by atoms with van der Waals surface area (Å²) in [7, 11) is -4.51. The van der Waals surface area contributed by atoms with Crippen LogP contribution in [0.5, 0.6) is 0 Å². The molecule has 0 aliphatic rings. The number of carbonyl (C=O) groups excluding carboxylic acids is 1. The van der Waals surface area contributed by atoms with E-state index in [4.69, 9.17) is 17.3 Å². The Morgan fingerprint density at radius 1 is 1.29 bits per heavy atom. The molecule has 0 aliphatic carbocycles. The maximum Gasteiger partial charge on any atom is 0.250 e. The van der Waals surface area contributed by atoms with E-state index in [1.165, 1.54) is 19.9 Å². The molecule has 3 rings (SSSR count). The monoisotopic (exact) mass is 524 g/mol. The number of aryl methyl sites for hydroxylation is 1. The van der Waals surface area contributed by atoms with Gasteiger partial charge in [0.1, 0.15) is 5.82 Å². The van der Waals surface area contributed by atoms with Gasteiger partial charge in [-0.15, -0.1) is 10.2 Å². The topological polar surface area (TPSA) is 164 Å². The van der Waals surface area contributed by atoms with Crippen LogP contribution in [0.15, 0.2) is 29.2 Å². The number of aromatic amines is 1. The highest BCUT2D eigenvalue weighted by atomic mass is 35.5. The van der Waals surface area contributed by atoms with Crippen molar-refractivity contribution >= 4 is 27.5 Å². The zero-order valence-corrected chi connectivity index (χ0v) is 21.3. The summed E-state index contributed by atoms with van der Waals surface area (Å²) in [5.74, 6) is -2.40. The Morgan fingerprint density at radius 2 is 1.94 bits per heavy atom. The lowest BCUT2D eigenvalue weighted by Crippen LogP contribution is -2.35. The standard InChI is InChI=1S/C22H26ClFN6O4S/c1-10-6-7-16(24)18(11(10)2)12(3)19(21-26-29-30-27-21)28-35(33,34)17-9-14(22(4,5)32)15(23)8-13(17)20(25)31/h6-9,12,19,28,32H,1-5H3,(H2,25,31)(H,26,27,29,30)/t12-,19+/m1/s1. The molecule has 10 nitrogen and oxygen atoms in total. The van der Waals surface area contributed by atoms with Gasteiger partial charge >= 0.3 is 0 Å². The van der Waals surface area contributed by atoms with Crippen molar-refractivity contribution in [1.82, 2.24) is 25.3 Å². The quantitative estimate of drug-likeness (QED) is 0.352. The average Bonchev–Trinajstić information content (AvgIpc) is 3.28. The summed E-state index contributed by atoms with van der Waals surface area (Å²) in [5, 5.41) is 24.0. The number of benzene rings is 2. The minimum Gasteiger partial charge on any atom is -0.386 e. The normalized spacial score (nSPS) is 14.1. The number of aromatic nitrogens is 4. The van der Waals surface area contributed by atoms with Crippen LogP contribution in [0.3, 0.4) is 0 Å². The molecule has 0 bridgehead atoms. The van der Waals surface area contributed by atoms with Crippen LogP contribution in [-0.2, 0) is 15.6 Å². The molecule has 0 saturated carbocycles. The second-order valence-corrected chi connectivity index (χ2v) is 10.9. The molecule has 0 unspecified atom stereocenters. The van der Waals surface area contributed by atoms with E-state index in [-0.39, 0.29) is 27.5 Å². The molecular weight excluding hydrogens is 499 g/mol. The molecule has 5 N–H and O–H groups in total. The van der Waals surface area contributed by atoms with Crippen molar-refractivity contribution < 1.29 is 22.7 Å². The number of sulfonamides is 1. The molecule has 1 amide bonds. The first kappa shape index (κ1) is 26.7. The smallest absolute Gasteiger partial charge is 0.250 e. The Hall–Kier alpha value is -2.93. The first-order valence-corrected chi connectivity index (χ1v) is 12.4. The van der Waals surface area contributed by atoms with Gasteiger partial charge in [-0.2, -0.15) is 9.94 Å². The minimum atomic E-state index is -4.51. The Balaban J connectivity index is 2.18. The number of rotatable bonds is 8. The number of carbonyl (C=O) groups is 1. The fraction of sp³-hybridized carbons (Fsp3) is 0.364. The van der Waals surface area contributed by atoms with Crippen molar-refractivity contribution in [3.8, 4) is 0 Å². The van der Waals surface area contributed by atoms with Gasteiger partial charge in [0.25, 0.3) is 0 Å². The molecule has 2 atom stereocenters. The van der Waals surface area contributed by atoms with Crippen molar-refractivity contribution in [2.24, 2.45) is 5.73 Å². The fourth-order valence-corrected chi connectivity index (χ4v) is 5.77. The molecule has 0 aliphatic heterocycles. The van der Waals surface area contributed by atoms with Gasteiger partial charge in [-0.1, -0.05) is 29.8 Å². The van der Waals surface area contributed by atoms with Crippen molar-refractivity contribution in [2.45, 2.75) is 57.1 Å². The number of aliphatic hydroxyl groups is 1. The fourth-order valence-electron chi connectivity index (χ4n) is 3.88. The lowest BCUT2D eigenvalue weighted by Gasteiger charge is -2.26. The Morgan fingerprint density at radius 3 is 2.49 bits per heavy atom. The van der Waals surface area contributed by atoms with Gasteiger partial charge < -0.3 is 10.8 Å². The van der Waals surface area contributed by atoms with Crippen LogP contribution in [-0.4, -0.2) is 40.1 Å². The van der Waals surface area contributed by atoms with Gasteiger partial charge in [0.15, 0.2) is 5.82 Å². The van der Waals surface area contributed by atoms with E-state index in [9.17, 15) is 22.7 Å². The summed E-state index contributed by atoms with van der Waals surface area (Å²) in [6.07, 6.45) is 0. The summed E-state index contributed by atoms with van der Waals surface area (Å²) in [6, 6.07) is 3.91. The number of tetrazole rings is 1. The van der Waals surface area contributed by atoms with E-state index in [1.54, 1.807) is 19.9 Å². The molecule has 3 aromatic rings. The average molecular weight is 525 g/mol. The SMILES string of the molecule is Cc1ccc(F)c([C@@H](C)[C@H](NS(=O)(=O)c2cc(C(C)(C)O)c(Cl)cc2C(N)=O)c2nn[nH]n2)c1C. The molecule has 1 heterocycles. The summed E-state index contributed by atoms with van der Waals surface area (Å²) in [6.45, 7) is 7.98. The highest BCUT2D eigenvalue weighted by Crippen LogP contribution is 2.36. The number of amides is 1. The first-order valence-electron chi connectivity index (χ1n) is 10.5. The molecule has 1 aromatic heterocycles. The van der Waals surface area contributed by atoms with Crippen LogP contribution in [0.1, 0.15) is 71.2 Å². The summed E-state index contributed by atoms with van der Waals surface area (Å²) in [4.78, 5) is 11.6. The van der Waals surface area contributed by atoms with E-state index >= 15 is 0 Å². The third kappa shape index (κ3) is 5.35. The predicted octanol–water partition coefficient (Wildman–Crippen LogP) is 2.76. The van der Waals surface area contributed by atoms with Crippen molar-refractivity contribution in [1.29, 1.82) is 0 Å². The molecule has 0 spiro atoms. The molecule has 13 heteroatoms. The number of H-pyrrole nitrogens is 1. The van der Waals surface area contributed by atoms with Crippen molar-refractivity contribution in [3.63, 3.8) is 0 Å². The highest BCUT2D eigenvalue weighted by Gasteiger charge is 2.35. The highest BCUT2D eigenvalue weighted by molar-refractivity contribution is 7.89. The van der Waals surface area contributed by atoms with Gasteiger partial charge in [0.05, 0.1) is 22.1 Å².